The van der Waals surface area contributed by atoms with E-state index in [1.165, 1.54) is 82.5 Å². The van der Waals surface area contributed by atoms with Gasteiger partial charge in [-0.1, -0.05) is 83.2 Å². The molecule has 0 bridgehead atoms. The molecule has 0 amide bonds. The fourth-order valence-electron chi connectivity index (χ4n) is 5.68. The summed E-state index contributed by atoms with van der Waals surface area (Å²) in [5.74, 6) is -0.120. The Kier molecular flexibility index (Phi) is 13.7. The first kappa shape index (κ1) is 30.2. The van der Waals surface area contributed by atoms with Crippen molar-refractivity contribution in [1.82, 2.24) is 4.90 Å². The Labute approximate surface area is 219 Å². The lowest BCUT2D eigenvalue weighted by molar-refractivity contribution is -0.151. The first-order valence-electron chi connectivity index (χ1n) is 14.5. The molecule has 35 heavy (non-hydrogen) atoms. The van der Waals surface area contributed by atoms with Gasteiger partial charge in [-0.25, -0.2) is 0 Å². The lowest BCUT2D eigenvalue weighted by Crippen LogP contribution is -2.44. The van der Waals surface area contributed by atoms with Crippen LogP contribution in [0.2, 0.25) is 0 Å². The Morgan fingerprint density at radius 1 is 0.943 bits per heavy atom. The van der Waals surface area contributed by atoms with Gasteiger partial charge in [0, 0.05) is 18.5 Å². The Balaban J connectivity index is 0.000000234. The molecule has 200 valence electrons. The molecular weight excluding hydrogens is 454 g/mol. The van der Waals surface area contributed by atoms with Crippen molar-refractivity contribution in [3.8, 4) is 0 Å². The maximum Gasteiger partial charge on any atom is 0.312 e. The lowest BCUT2D eigenvalue weighted by Gasteiger charge is -2.41. The second kappa shape index (κ2) is 15.9. The van der Waals surface area contributed by atoms with Gasteiger partial charge >= 0.3 is 5.97 Å². The van der Waals surface area contributed by atoms with Gasteiger partial charge in [0.25, 0.3) is 0 Å². The molecule has 3 aliphatic carbocycles. The average molecular weight is 506 g/mol. The number of esters is 1. The normalized spacial score (nSPS) is 22.0. The van der Waals surface area contributed by atoms with E-state index in [0.29, 0.717) is 13.0 Å². The van der Waals surface area contributed by atoms with Crippen molar-refractivity contribution < 1.29 is 14.3 Å². The van der Waals surface area contributed by atoms with Crippen molar-refractivity contribution in [2.75, 3.05) is 13.2 Å². The van der Waals surface area contributed by atoms with E-state index in [-0.39, 0.29) is 11.8 Å². The van der Waals surface area contributed by atoms with Gasteiger partial charge in [-0.15, -0.1) is 0 Å². The van der Waals surface area contributed by atoms with E-state index in [9.17, 15) is 9.59 Å². The summed E-state index contributed by atoms with van der Waals surface area (Å²) in [5, 5.41) is 0. The number of thioether (sulfide) groups is 1. The van der Waals surface area contributed by atoms with E-state index in [1.807, 2.05) is 26.8 Å². The molecular formula is C30H51NO3S. The minimum absolute atomic E-state index is 0.0815. The van der Waals surface area contributed by atoms with Gasteiger partial charge in [0.1, 0.15) is 0 Å². The van der Waals surface area contributed by atoms with Gasteiger partial charge in [0.15, 0.2) is 5.78 Å². The number of carbonyl (C=O) groups is 2. The number of nitrogens with zero attached hydrogens (tertiary/aromatic N) is 1. The first-order chi connectivity index (χ1) is 17.0. The van der Waals surface area contributed by atoms with Gasteiger partial charge in [-0.05, 0) is 70.2 Å². The Hall–Kier alpha value is -1.07. The monoisotopic (exact) mass is 505 g/mol. The third-order valence-electron chi connectivity index (χ3n) is 7.77. The molecule has 0 spiro atoms. The van der Waals surface area contributed by atoms with Crippen LogP contribution in [0.1, 0.15) is 125 Å². The van der Waals surface area contributed by atoms with Crippen molar-refractivity contribution in [3.63, 3.8) is 0 Å². The Morgan fingerprint density at radius 2 is 1.49 bits per heavy atom. The quantitative estimate of drug-likeness (QED) is 0.311. The van der Waals surface area contributed by atoms with E-state index in [4.69, 9.17) is 4.74 Å². The van der Waals surface area contributed by atoms with Crippen LogP contribution in [0.4, 0.5) is 0 Å². The average Bonchev–Trinajstić information content (AvgIpc) is 3.68. The molecule has 5 heteroatoms. The zero-order chi connectivity index (χ0) is 25.7. The second-order valence-electron chi connectivity index (χ2n) is 10.2. The molecule has 0 aromatic carbocycles. The van der Waals surface area contributed by atoms with Gasteiger partial charge in [0.05, 0.1) is 16.9 Å². The lowest BCUT2D eigenvalue weighted by atomic mass is 9.89. The first-order valence-corrected chi connectivity index (χ1v) is 15.3. The number of Topliss-reactive ketones (excluding diaryl/α,β-unsaturated/α-hetero) is 1. The molecule has 0 aromatic rings. The van der Waals surface area contributed by atoms with Gasteiger partial charge in [-0.3, -0.25) is 14.5 Å². The SMILES string of the molecule is CC.CCN(C1CCCCC1)C1CCCCC1.CCOC(=O)C1(CC(=O)C2=CCC=C(C)S2)CC1. The molecule has 0 atom stereocenters. The van der Waals surface area contributed by atoms with E-state index >= 15 is 0 Å². The number of allylic oxidation sites excluding steroid dienone is 4. The van der Waals surface area contributed by atoms with E-state index < -0.39 is 5.41 Å². The van der Waals surface area contributed by atoms with Crippen molar-refractivity contribution >= 4 is 23.5 Å². The predicted molar refractivity (Wildman–Crippen MR) is 149 cm³/mol. The number of carbonyl (C=O) groups excluding carboxylic acids is 2. The fraction of sp³-hybridized carbons (Fsp3) is 0.800. The van der Waals surface area contributed by atoms with Crippen molar-refractivity contribution in [2.45, 2.75) is 137 Å². The van der Waals surface area contributed by atoms with Crippen LogP contribution in [0.15, 0.2) is 22.0 Å². The van der Waals surface area contributed by atoms with E-state index in [0.717, 1.165) is 41.2 Å². The minimum atomic E-state index is -0.510. The smallest absolute Gasteiger partial charge is 0.312 e. The largest absolute Gasteiger partial charge is 0.466 e. The summed E-state index contributed by atoms with van der Waals surface area (Å²) in [7, 11) is 0. The number of ketones is 1. The van der Waals surface area contributed by atoms with Crippen molar-refractivity contribution in [3.05, 3.63) is 22.0 Å². The van der Waals surface area contributed by atoms with Crippen molar-refractivity contribution in [2.24, 2.45) is 5.41 Å². The highest BCUT2D eigenvalue weighted by Crippen LogP contribution is 2.51. The highest BCUT2D eigenvalue weighted by molar-refractivity contribution is 8.07. The molecule has 0 saturated heterocycles. The van der Waals surface area contributed by atoms with Crippen LogP contribution >= 0.6 is 11.8 Å². The summed E-state index contributed by atoms with van der Waals surface area (Å²) >= 11 is 1.51. The minimum Gasteiger partial charge on any atom is -0.466 e. The van der Waals surface area contributed by atoms with Crippen LogP contribution in [0.3, 0.4) is 0 Å². The molecule has 4 rings (SSSR count). The zero-order valence-electron chi connectivity index (χ0n) is 23.2. The summed E-state index contributed by atoms with van der Waals surface area (Å²) < 4.78 is 5.05. The molecule has 0 N–H and O–H groups in total. The highest BCUT2D eigenvalue weighted by Gasteiger charge is 2.52. The van der Waals surface area contributed by atoms with Gasteiger partial charge < -0.3 is 4.74 Å². The van der Waals surface area contributed by atoms with Crippen LogP contribution in [-0.4, -0.2) is 41.9 Å². The molecule has 4 aliphatic rings. The molecule has 1 aliphatic heterocycles. The van der Waals surface area contributed by atoms with E-state index in [2.05, 4.69) is 17.9 Å². The third-order valence-corrected chi connectivity index (χ3v) is 8.87. The summed E-state index contributed by atoms with van der Waals surface area (Å²) in [6.07, 6.45) is 21.5. The summed E-state index contributed by atoms with van der Waals surface area (Å²) in [4.78, 5) is 28.8. The molecule has 0 radical (unpaired) electrons. The summed E-state index contributed by atoms with van der Waals surface area (Å²) in [6.45, 7) is 11.8. The van der Waals surface area contributed by atoms with Crippen molar-refractivity contribution in [1.29, 1.82) is 0 Å². The molecule has 0 unspecified atom stereocenters. The van der Waals surface area contributed by atoms with Gasteiger partial charge in [-0.2, -0.15) is 0 Å². The number of hydrogen-bond donors (Lipinski definition) is 0. The van der Waals surface area contributed by atoms with Crippen LogP contribution in [-0.2, 0) is 14.3 Å². The molecule has 3 fully saturated rings. The number of rotatable bonds is 8. The Bertz CT molecular complexity index is 695. The summed E-state index contributed by atoms with van der Waals surface area (Å²) in [6, 6.07) is 1.87. The van der Waals surface area contributed by atoms with Crippen LogP contribution < -0.4 is 0 Å². The van der Waals surface area contributed by atoms with Gasteiger partial charge in [0.2, 0.25) is 0 Å². The number of hydrogen-bond acceptors (Lipinski definition) is 5. The molecule has 1 heterocycles. The third kappa shape index (κ3) is 9.39. The zero-order valence-corrected chi connectivity index (χ0v) is 24.0. The van der Waals surface area contributed by atoms with E-state index in [1.54, 1.807) is 6.92 Å². The second-order valence-corrected chi connectivity index (χ2v) is 11.5. The maximum absolute atomic E-state index is 12.2. The standard InChI is InChI=1S/C14H27N.C14H18O3S.C2H6/c1-2-15(13-9-5-3-6-10-13)14-11-7-4-8-12-14;1-3-17-13(16)14(7-8-14)9-11(15)12-6-4-5-10(2)18-12;1-2/h13-14H,2-12H2,1H3;5-6H,3-4,7-9H2,1-2H3;1-2H3. The van der Waals surface area contributed by atoms with Crippen LogP contribution in [0, 0.1) is 5.41 Å². The predicted octanol–water partition coefficient (Wildman–Crippen LogP) is 8.21. The number of ether oxygens (including phenoxy) is 1. The Morgan fingerprint density at radius 3 is 1.91 bits per heavy atom. The van der Waals surface area contributed by atoms with Crippen LogP contribution in [0.5, 0.6) is 0 Å². The summed E-state index contributed by atoms with van der Waals surface area (Å²) in [5.41, 5.74) is -0.510. The fourth-order valence-corrected chi connectivity index (χ4v) is 6.57. The topological polar surface area (TPSA) is 46.6 Å². The molecule has 4 nitrogen and oxygen atoms in total. The maximum atomic E-state index is 12.2. The molecule has 3 saturated carbocycles. The molecule has 0 aromatic heterocycles. The highest BCUT2D eigenvalue weighted by atomic mass is 32.2. The van der Waals surface area contributed by atoms with Crippen LogP contribution in [0.25, 0.3) is 0 Å².